The van der Waals surface area contributed by atoms with Crippen molar-refractivity contribution in [2.75, 3.05) is 13.6 Å². The fourth-order valence-electron chi connectivity index (χ4n) is 1.48. The second kappa shape index (κ2) is 8.29. The van der Waals surface area contributed by atoms with Crippen molar-refractivity contribution in [1.29, 1.82) is 0 Å². The third-order valence-corrected chi connectivity index (χ3v) is 2.74. The van der Waals surface area contributed by atoms with Crippen LogP contribution in [0.3, 0.4) is 0 Å². The highest BCUT2D eigenvalue weighted by molar-refractivity contribution is 6.31. The van der Waals surface area contributed by atoms with E-state index in [1.807, 2.05) is 6.92 Å². The SMILES string of the molecule is CNCCC(=O)NC(C)c1ccc(F)cc1Cl.Cl. The number of carbonyl (C=O) groups is 1. The molecule has 1 rings (SSSR count). The van der Waals surface area contributed by atoms with Crippen molar-refractivity contribution in [3.05, 3.63) is 34.6 Å². The lowest BCUT2D eigenvalue weighted by atomic mass is 10.1. The first-order valence-corrected chi connectivity index (χ1v) is 5.81. The maximum absolute atomic E-state index is 12.9. The van der Waals surface area contributed by atoms with E-state index in [-0.39, 0.29) is 30.2 Å². The van der Waals surface area contributed by atoms with Crippen LogP contribution >= 0.6 is 24.0 Å². The largest absolute Gasteiger partial charge is 0.349 e. The minimum absolute atomic E-state index is 0. The predicted molar refractivity (Wildman–Crippen MR) is 73.8 cm³/mol. The van der Waals surface area contributed by atoms with Crippen LogP contribution in [0, 0.1) is 5.82 Å². The van der Waals surface area contributed by atoms with Gasteiger partial charge in [0.25, 0.3) is 0 Å². The van der Waals surface area contributed by atoms with Crippen LogP contribution in [0.1, 0.15) is 24.9 Å². The number of hydrogen-bond acceptors (Lipinski definition) is 2. The summed E-state index contributed by atoms with van der Waals surface area (Å²) >= 11 is 5.91. The molecule has 1 amide bonds. The van der Waals surface area contributed by atoms with E-state index >= 15 is 0 Å². The zero-order chi connectivity index (χ0) is 12.8. The van der Waals surface area contributed by atoms with E-state index in [1.54, 1.807) is 13.1 Å². The molecule has 0 saturated heterocycles. The molecule has 0 heterocycles. The molecule has 0 aliphatic carbocycles. The average molecular weight is 295 g/mol. The minimum atomic E-state index is -0.382. The van der Waals surface area contributed by atoms with E-state index in [0.29, 0.717) is 23.6 Å². The van der Waals surface area contributed by atoms with Crippen LogP contribution in [0.25, 0.3) is 0 Å². The zero-order valence-corrected chi connectivity index (χ0v) is 11.9. The number of halogens is 3. The van der Waals surface area contributed by atoms with Gasteiger partial charge in [-0.1, -0.05) is 17.7 Å². The van der Waals surface area contributed by atoms with E-state index in [9.17, 15) is 9.18 Å². The van der Waals surface area contributed by atoms with Gasteiger partial charge in [-0.25, -0.2) is 4.39 Å². The average Bonchev–Trinajstić information content (AvgIpc) is 2.26. The Morgan fingerprint density at radius 3 is 2.72 bits per heavy atom. The van der Waals surface area contributed by atoms with Gasteiger partial charge < -0.3 is 10.6 Å². The van der Waals surface area contributed by atoms with Crippen LogP contribution in [0.4, 0.5) is 4.39 Å². The van der Waals surface area contributed by atoms with Crippen molar-refractivity contribution in [3.8, 4) is 0 Å². The molecule has 3 nitrogen and oxygen atoms in total. The summed E-state index contributed by atoms with van der Waals surface area (Å²) in [6.07, 6.45) is 0.402. The smallest absolute Gasteiger partial charge is 0.221 e. The molecule has 18 heavy (non-hydrogen) atoms. The number of carbonyl (C=O) groups excluding carboxylic acids is 1. The van der Waals surface area contributed by atoms with Gasteiger partial charge in [0.05, 0.1) is 6.04 Å². The van der Waals surface area contributed by atoms with Gasteiger partial charge in [0.2, 0.25) is 5.91 Å². The normalized spacial score (nSPS) is 11.6. The molecule has 1 atom stereocenters. The summed E-state index contributed by atoms with van der Waals surface area (Å²) in [4.78, 5) is 11.5. The Labute approximate surface area is 118 Å². The molecule has 1 aromatic carbocycles. The van der Waals surface area contributed by atoms with Crippen molar-refractivity contribution in [3.63, 3.8) is 0 Å². The number of rotatable bonds is 5. The van der Waals surface area contributed by atoms with E-state index in [1.165, 1.54) is 12.1 Å². The highest BCUT2D eigenvalue weighted by Gasteiger charge is 2.12. The Bertz CT molecular complexity index is 402. The van der Waals surface area contributed by atoms with Crippen molar-refractivity contribution in [2.45, 2.75) is 19.4 Å². The van der Waals surface area contributed by atoms with Crippen LogP contribution in [-0.2, 0) is 4.79 Å². The van der Waals surface area contributed by atoms with Gasteiger partial charge in [-0.3, -0.25) is 4.79 Å². The molecule has 0 aliphatic heterocycles. The summed E-state index contributed by atoms with van der Waals surface area (Å²) in [6.45, 7) is 2.44. The Kier molecular flexibility index (Phi) is 7.91. The fourth-order valence-corrected chi connectivity index (χ4v) is 1.81. The maximum Gasteiger partial charge on any atom is 0.221 e. The Balaban J connectivity index is 0.00000289. The fraction of sp³-hybridized carbons (Fsp3) is 0.417. The third kappa shape index (κ3) is 5.21. The standard InChI is InChI=1S/C12H16ClFN2O.ClH/c1-8(16-12(17)5-6-15-2)10-4-3-9(14)7-11(10)13;/h3-4,7-8,15H,5-6H2,1-2H3,(H,16,17);1H. The molecule has 0 aromatic heterocycles. The first kappa shape index (κ1) is 17.2. The Morgan fingerprint density at radius 2 is 2.17 bits per heavy atom. The van der Waals surface area contributed by atoms with Crippen molar-refractivity contribution >= 4 is 29.9 Å². The Morgan fingerprint density at radius 1 is 1.50 bits per heavy atom. The molecular formula is C12H17Cl2FN2O. The molecular weight excluding hydrogens is 278 g/mol. The topological polar surface area (TPSA) is 41.1 Å². The molecule has 0 bridgehead atoms. The summed E-state index contributed by atoms with van der Waals surface area (Å²) in [6, 6.07) is 3.93. The molecule has 0 saturated carbocycles. The first-order chi connectivity index (χ1) is 8.04. The van der Waals surface area contributed by atoms with Gasteiger partial charge in [-0.15, -0.1) is 12.4 Å². The highest BCUT2D eigenvalue weighted by atomic mass is 35.5. The van der Waals surface area contributed by atoms with Crippen molar-refractivity contribution < 1.29 is 9.18 Å². The van der Waals surface area contributed by atoms with Crippen molar-refractivity contribution in [1.82, 2.24) is 10.6 Å². The van der Waals surface area contributed by atoms with Gasteiger partial charge in [0.1, 0.15) is 5.82 Å². The van der Waals surface area contributed by atoms with Crippen LogP contribution in [0.2, 0.25) is 5.02 Å². The first-order valence-electron chi connectivity index (χ1n) is 5.43. The van der Waals surface area contributed by atoms with Gasteiger partial charge in [0, 0.05) is 18.0 Å². The molecule has 102 valence electrons. The maximum atomic E-state index is 12.9. The van der Waals surface area contributed by atoms with Gasteiger partial charge in [-0.2, -0.15) is 0 Å². The predicted octanol–water partition coefficient (Wildman–Crippen LogP) is 2.69. The molecule has 0 aliphatic rings. The van der Waals surface area contributed by atoms with E-state index in [4.69, 9.17) is 11.6 Å². The number of amides is 1. The molecule has 1 unspecified atom stereocenters. The van der Waals surface area contributed by atoms with Crippen molar-refractivity contribution in [2.24, 2.45) is 0 Å². The highest BCUT2D eigenvalue weighted by Crippen LogP contribution is 2.23. The molecule has 6 heteroatoms. The quantitative estimate of drug-likeness (QED) is 0.877. The van der Waals surface area contributed by atoms with Crippen LogP contribution < -0.4 is 10.6 Å². The van der Waals surface area contributed by atoms with E-state index in [0.717, 1.165) is 0 Å². The monoisotopic (exact) mass is 294 g/mol. The second-order valence-corrected chi connectivity index (χ2v) is 4.22. The number of hydrogen-bond donors (Lipinski definition) is 2. The summed E-state index contributed by atoms with van der Waals surface area (Å²) < 4.78 is 12.9. The summed E-state index contributed by atoms with van der Waals surface area (Å²) in [5, 5.41) is 6.02. The van der Waals surface area contributed by atoms with E-state index in [2.05, 4.69) is 10.6 Å². The molecule has 1 aromatic rings. The molecule has 0 fully saturated rings. The molecule has 0 radical (unpaired) electrons. The van der Waals surface area contributed by atoms with Crippen LogP contribution in [0.5, 0.6) is 0 Å². The second-order valence-electron chi connectivity index (χ2n) is 3.81. The van der Waals surface area contributed by atoms with Crippen LogP contribution in [-0.4, -0.2) is 19.5 Å². The number of benzene rings is 1. The summed E-state index contributed by atoms with van der Waals surface area (Å²) in [7, 11) is 1.79. The van der Waals surface area contributed by atoms with Gasteiger partial charge in [0.15, 0.2) is 0 Å². The van der Waals surface area contributed by atoms with Gasteiger partial charge >= 0.3 is 0 Å². The van der Waals surface area contributed by atoms with E-state index < -0.39 is 0 Å². The lowest BCUT2D eigenvalue weighted by molar-refractivity contribution is -0.121. The summed E-state index contributed by atoms with van der Waals surface area (Å²) in [5.41, 5.74) is 0.714. The molecule has 2 N–H and O–H groups in total. The Hall–Kier alpha value is -0.840. The zero-order valence-electron chi connectivity index (χ0n) is 10.3. The summed E-state index contributed by atoms with van der Waals surface area (Å²) in [5.74, 6) is -0.445. The lowest BCUT2D eigenvalue weighted by Gasteiger charge is -2.15. The number of nitrogens with one attached hydrogen (secondary N) is 2. The lowest BCUT2D eigenvalue weighted by Crippen LogP contribution is -2.29. The van der Waals surface area contributed by atoms with Gasteiger partial charge in [-0.05, 0) is 31.7 Å². The minimum Gasteiger partial charge on any atom is -0.349 e. The van der Waals surface area contributed by atoms with Crippen LogP contribution in [0.15, 0.2) is 18.2 Å². The third-order valence-electron chi connectivity index (χ3n) is 2.41. The molecule has 0 spiro atoms.